The fraction of sp³-hybridized carbons (Fsp3) is 0.455. The Labute approximate surface area is 83.8 Å². The summed E-state index contributed by atoms with van der Waals surface area (Å²) in [5.41, 5.74) is 2.51. The number of fused-ring (bicyclic) bond motifs is 1. The van der Waals surface area contributed by atoms with Gasteiger partial charge in [0.15, 0.2) is 0 Å². The van der Waals surface area contributed by atoms with E-state index < -0.39 is 0 Å². The monoisotopic (exact) mass is 193 g/mol. The Hall–Kier alpha value is -1.06. The van der Waals surface area contributed by atoms with E-state index in [0.717, 1.165) is 31.6 Å². The van der Waals surface area contributed by atoms with Crippen LogP contribution in [0.5, 0.6) is 5.75 Å². The van der Waals surface area contributed by atoms with Crippen LogP contribution in [0.2, 0.25) is 0 Å². The van der Waals surface area contributed by atoms with Crippen molar-refractivity contribution in [3.05, 3.63) is 29.3 Å². The Bertz CT molecular complexity index is 312. The summed E-state index contributed by atoms with van der Waals surface area (Å²) in [6.45, 7) is 1.37. The molecule has 3 heteroatoms. The van der Waals surface area contributed by atoms with E-state index in [9.17, 15) is 0 Å². The smallest absolute Gasteiger partial charge is 0.125 e. The molecular weight excluding hydrogens is 178 g/mol. The van der Waals surface area contributed by atoms with Gasteiger partial charge in [0.05, 0.1) is 13.2 Å². The second-order valence-electron chi connectivity index (χ2n) is 3.48. The summed E-state index contributed by atoms with van der Waals surface area (Å²) in [5, 5.41) is 0. The molecular formula is C11H15NO2. The normalized spacial score (nSPS) is 14.6. The molecule has 14 heavy (non-hydrogen) atoms. The molecule has 0 saturated heterocycles. The van der Waals surface area contributed by atoms with E-state index in [2.05, 4.69) is 23.0 Å². The minimum absolute atomic E-state index is 0.541. The fourth-order valence-corrected chi connectivity index (χ4v) is 1.82. The fourth-order valence-electron chi connectivity index (χ4n) is 1.82. The molecule has 76 valence electrons. The Morgan fingerprint density at radius 3 is 3.21 bits per heavy atom. The SMILES string of the molecule is NOCCc1cccc2c1OCCC2. The molecule has 0 atom stereocenters. The average molecular weight is 193 g/mol. The molecule has 2 rings (SSSR count). The molecule has 0 aromatic heterocycles. The van der Waals surface area contributed by atoms with Crippen molar-refractivity contribution in [2.45, 2.75) is 19.3 Å². The van der Waals surface area contributed by atoms with Crippen LogP contribution in [0.1, 0.15) is 17.5 Å². The highest BCUT2D eigenvalue weighted by Crippen LogP contribution is 2.28. The van der Waals surface area contributed by atoms with Crippen molar-refractivity contribution in [2.75, 3.05) is 13.2 Å². The van der Waals surface area contributed by atoms with Gasteiger partial charge in [-0.2, -0.15) is 0 Å². The van der Waals surface area contributed by atoms with E-state index in [-0.39, 0.29) is 0 Å². The summed E-state index contributed by atoms with van der Waals surface area (Å²) in [5.74, 6) is 6.06. The Kier molecular flexibility index (Phi) is 3.01. The standard InChI is InChI=1S/C11H15NO2/c12-14-8-6-10-4-1-3-9-5-2-7-13-11(9)10/h1,3-4H,2,5-8,12H2. The van der Waals surface area contributed by atoms with Gasteiger partial charge in [-0.3, -0.25) is 0 Å². The third-order valence-electron chi connectivity index (χ3n) is 2.50. The molecule has 0 spiro atoms. The lowest BCUT2D eigenvalue weighted by molar-refractivity contribution is 0.140. The van der Waals surface area contributed by atoms with Crippen LogP contribution < -0.4 is 10.6 Å². The first-order valence-corrected chi connectivity index (χ1v) is 4.97. The highest BCUT2D eigenvalue weighted by Gasteiger charge is 2.13. The van der Waals surface area contributed by atoms with Crippen LogP contribution in [-0.4, -0.2) is 13.2 Å². The molecule has 0 unspecified atom stereocenters. The maximum atomic E-state index is 5.66. The van der Waals surface area contributed by atoms with Gasteiger partial charge in [-0.05, 0) is 24.0 Å². The number of para-hydroxylation sites is 1. The summed E-state index contributed by atoms with van der Waals surface area (Å²) >= 11 is 0. The first kappa shape index (κ1) is 9.49. The Balaban J connectivity index is 2.21. The summed E-state index contributed by atoms with van der Waals surface area (Å²) in [6.07, 6.45) is 3.05. The van der Waals surface area contributed by atoms with Crippen LogP contribution in [0, 0.1) is 0 Å². The maximum Gasteiger partial charge on any atom is 0.125 e. The molecule has 1 heterocycles. The summed E-state index contributed by atoms with van der Waals surface area (Å²) in [6, 6.07) is 6.27. The van der Waals surface area contributed by atoms with Gasteiger partial charge in [0.25, 0.3) is 0 Å². The maximum absolute atomic E-state index is 5.66. The second-order valence-corrected chi connectivity index (χ2v) is 3.48. The van der Waals surface area contributed by atoms with Crippen LogP contribution in [0.15, 0.2) is 18.2 Å². The molecule has 0 saturated carbocycles. The largest absolute Gasteiger partial charge is 0.493 e. The van der Waals surface area contributed by atoms with Gasteiger partial charge in [0.1, 0.15) is 5.75 Å². The number of ether oxygens (including phenoxy) is 1. The van der Waals surface area contributed by atoms with Crippen LogP contribution in [-0.2, 0) is 17.7 Å². The third kappa shape index (κ3) is 1.89. The number of rotatable bonds is 3. The topological polar surface area (TPSA) is 44.5 Å². The number of benzene rings is 1. The average Bonchev–Trinajstić information content (AvgIpc) is 2.26. The van der Waals surface area contributed by atoms with Crippen molar-refractivity contribution in [1.82, 2.24) is 0 Å². The van der Waals surface area contributed by atoms with Crippen molar-refractivity contribution in [3.63, 3.8) is 0 Å². The highest BCUT2D eigenvalue weighted by molar-refractivity contribution is 5.42. The Morgan fingerprint density at radius 1 is 1.43 bits per heavy atom. The summed E-state index contributed by atoms with van der Waals surface area (Å²) < 4.78 is 5.66. The predicted molar refractivity (Wildman–Crippen MR) is 54.1 cm³/mol. The Morgan fingerprint density at radius 2 is 2.36 bits per heavy atom. The van der Waals surface area contributed by atoms with Gasteiger partial charge in [-0.15, -0.1) is 0 Å². The minimum Gasteiger partial charge on any atom is -0.493 e. The summed E-state index contributed by atoms with van der Waals surface area (Å²) in [7, 11) is 0. The molecule has 1 aliphatic heterocycles. The zero-order chi connectivity index (χ0) is 9.80. The summed E-state index contributed by atoms with van der Waals surface area (Å²) in [4.78, 5) is 4.58. The predicted octanol–water partition coefficient (Wildman–Crippen LogP) is 1.44. The lowest BCUT2D eigenvalue weighted by atomic mass is 10.0. The lowest BCUT2D eigenvalue weighted by Crippen LogP contribution is -2.12. The van der Waals surface area contributed by atoms with Gasteiger partial charge in [-0.25, -0.2) is 5.90 Å². The highest BCUT2D eigenvalue weighted by atomic mass is 16.6. The van der Waals surface area contributed by atoms with E-state index in [1.54, 1.807) is 0 Å². The van der Waals surface area contributed by atoms with Crippen molar-refractivity contribution in [1.29, 1.82) is 0 Å². The first-order valence-electron chi connectivity index (χ1n) is 4.97. The number of hydrogen-bond donors (Lipinski definition) is 1. The number of hydrogen-bond acceptors (Lipinski definition) is 3. The van der Waals surface area contributed by atoms with E-state index in [1.807, 2.05) is 0 Å². The molecule has 1 aliphatic rings. The molecule has 0 amide bonds. The molecule has 1 aromatic rings. The van der Waals surface area contributed by atoms with Gasteiger partial charge in [0.2, 0.25) is 0 Å². The number of aryl methyl sites for hydroxylation is 1. The van der Waals surface area contributed by atoms with E-state index in [1.165, 1.54) is 11.1 Å². The number of nitrogens with two attached hydrogens (primary N) is 1. The molecule has 0 radical (unpaired) electrons. The van der Waals surface area contributed by atoms with Gasteiger partial charge in [0, 0.05) is 6.42 Å². The third-order valence-corrected chi connectivity index (χ3v) is 2.50. The molecule has 1 aromatic carbocycles. The van der Waals surface area contributed by atoms with E-state index in [4.69, 9.17) is 10.6 Å². The molecule has 3 nitrogen and oxygen atoms in total. The van der Waals surface area contributed by atoms with E-state index in [0.29, 0.717) is 6.61 Å². The zero-order valence-corrected chi connectivity index (χ0v) is 8.16. The first-order chi connectivity index (χ1) is 6.92. The minimum atomic E-state index is 0.541. The molecule has 2 N–H and O–H groups in total. The van der Waals surface area contributed by atoms with Crippen LogP contribution in [0.3, 0.4) is 0 Å². The van der Waals surface area contributed by atoms with Crippen molar-refractivity contribution in [3.8, 4) is 5.75 Å². The van der Waals surface area contributed by atoms with Crippen LogP contribution in [0.4, 0.5) is 0 Å². The van der Waals surface area contributed by atoms with Crippen molar-refractivity contribution < 1.29 is 9.57 Å². The lowest BCUT2D eigenvalue weighted by Gasteiger charge is -2.20. The second kappa shape index (κ2) is 4.44. The van der Waals surface area contributed by atoms with Gasteiger partial charge < -0.3 is 9.57 Å². The van der Waals surface area contributed by atoms with Crippen LogP contribution in [0.25, 0.3) is 0 Å². The van der Waals surface area contributed by atoms with Crippen LogP contribution >= 0.6 is 0 Å². The molecule has 0 fully saturated rings. The molecule has 0 bridgehead atoms. The molecule has 0 aliphatic carbocycles. The van der Waals surface area contributed by atoms with E-state index >= 15 is 0 Å². The zero-order valence-electron chi connectivity index (χ0n) is 8.16. The quantitative estimate of drug-likeness (QED) is 0.739. The van der Waals surface area contributed by atoms with Crippen molar-refractivity contribution in [2.24, 2.45) is 5.90 Å². The van der Waals surface area contributed by atoms with Gasteiger partial charge >= 0.3 is 0 Å². The van der Waals surface area contributed by atoms with Gasteiger partial charge in [-0.1, -0.05) is 18.2 Å². The van der Waals surface area contributed by atoms with Crippen molar-refractivity contribution >= 4 is 0 Å².